The van der Waals surface area contributed by atoms with Crippen LogP contribution in [-0.4, -0.2) is 22.7 Å². The van der Waals surface area contributed by atoms with Crippen molar-refractivity contribution in [3.8, 4) is 5.75 Å². The molecule has 1 N–H and O–H groups in total. The van der Waals surface area contributed by atoms with Gasteiger partial charge in [0.2, 0.25) is 0 Å². The topological polar surface area (TPSA) is 59.4 Å². The Kier molecular flexibility index (Phi) is 3.88. The number of carbonyl (C=O) groups is 1. The number of pyridine rings is 1. The fraction of sp³-hybridized carbons (Fsp3) is 0.333. The van der Waals surface area contributed by atoms with Crippen molar-refractivity contribution in [3.63, 3.8) is 0 Å². The van der Waals surface area contributed by atoms with E-state index in [1.54, 1.807) is 12.1 Å². The first-order chi connectivity index (χ1) is 6.65. The van der Waals surface area contributed by atoms with Crippen molar-refractivity contribution in [2.75, 3.05) is 6.61 Å². The maximum Gasteiger partial charge on any atom is 0.358 e. The van der Waals surface area contributed by atoms with Crippen LogP contribution in [0.15, 0.2) is 16.7 Å². The molecule has 0 spiro atoms. The molecule has 0 unspecified atom stereocenters. The minimum atomic E-state index is -1.09. The summed E-state index contributed by atoms with van der Waals surface area (Å²) in [4.78, 5) is 14.6. The van der Waals surface area contributed by atoms with Gasteiger partial charge in [0, 0.05) is 0 Å². The number of aromatic carboxylic acids is 1. The van der Waals surface area contributed by atoms with E-state index in [0.717, 1.165) is 6.42 Å². The minimum Gasteiger partial charge on any atom is -0.491 e. The lowest BCUT2D eigenvalue weighted by atomic mass is 10.3. The van der Waals surface area contributed by atoms with E-state index in [1.165, 1.54) is 0 Å². The Morgan fingerprint density at radius 1 is 1.64 bits per heavy atom. The van der Waals surface area contributed by atoms with Crippen molar-refractivity contribution in [3.05, 3.63) is 22.4 Å². The number of ether oxygens (including phenoxy) is 1. The van der Waals surface area contributed by atoms with E-state index < -0.39 is 5.97 Å². The second kappa shape index (κ2) is 4.95. The van der Waals surface area contributed by atoms with Crippen molar-refractivity contribution in [2.24, 2.45) is 0 Å². The molecule has 0 aliphatic heterocycles. The number of hydrogen-bond donors (Lipinski definition) is 1. The van der Waals surface area contributed by atoms with Gasteiger partial charge >= 0.3 is 5.97 Å². The van der Waals surface area contributed by atoms with Crippen molar-refractivity contribution in [2.45, 2.75) is 13.3 Å². The summed E-state index contributed by atoms with van der Waals surface area (Å²) >= 11 is 3.10. The molecule has 0 saturated heterocycles. The second-order valence-corrected chi connectivity index (χ2v) is 3.45. The molecule has 0 aliphatic rings. The molecule has 0 aliphatic carbocycles. The summed E-state index contributed by atoms with van der Waals surface area (Å²) in [6.45, 7) is 2.44. The van der Waals surface area contributed by atoms with Crippen molar-refractivity contribution < 1.29 is 14.6 Å². The van der Waals surface area contributed by atoms with Gasteiger partial charge in [-0.05, 0) is 34.5 Å². The number of rotatable bonds is 4. The van der Waals surface area contributed by atoms with Crippen molar-refractivity contribution >= 4 is 21.9 Å². The number of carboxylic acids is 1. The molecule has 1 aromatic rings. The van der Waals surface area contributed by atoms with Crippen LogP contribution in [0.3, 0.4) is 0 Å². The number of hydrogen-bond acceptors (Lipinski definition) is 3. The van der Waals surface area contributed by atoms with Gasteiger partial charge in [0.1, 0.15) is 4.60 Å². The van der Waals surface area contributed by atoms with Crippen LogP contribution < -0.4 is 4.74 Å². The van der Waals surface area contributed by atoms with Crippen LogP contribution in [0.5, 0.6) is 5.75 Å². The number of nitrogens with zero attached hydrogens (tertiary/aromatic N) is 1. The van der Waals surface area contributed by atoms with Gasteiger partial charge in [-0.3, -0.25) is 0 Å². The number of carboxylic acid groups (broad SMARTS) is 1. The monoisotopic (exact) mass is 259 g/mol. The largest absolute Gasteiger partial charge is 0.491 e. The van der Waals surface area contributed by atoms with E-state index in [4.69, 9.17) is 9.84 Å². The molecule has 1 rings (SSSR count). The Hall–Kier alpha value is -1.10. The zero-order chi connectivity index (χ0) is 10.6. The first kappa shape index (κ1) is 11.0. The predicted octanol–water partition coefficient (Wildman–Crippen LogP) is 2.33. The molecule has 0 fully saturated rings. The molecule has 0 saturated carbocycles. The Bertz CT molecular complexity index is 341. The van der Waals surface area contributed by atoms with Crippen LogP contribution in [0.2, 0.25) is 0 Å². The van der Waals surface area contributed by atoms with Crippen LogP contribution in [0.4, 0.5) is 0 Å². The zero-order valence-corrected chi connectivity index (χ0v) is 9.24. The minimum absolute atomic E-state index is 0.0622. The van der Waals surface area contributed by atoms with Gasteiger partial charge in [-0.2, -0.15) is 0 Å². The third-order valence-corrected chi connectivity index (χ3v) is 1.93. The fourth-order valence-electron chi connectivity index (χ4n) is 0.904. The summed E-state index contributed by atoms with van der Waals surface area (Å²) in [5.41, 5.74) is -0.0622. The first-order valence-electron chi connectivity index (χ1n) is 4.17. The van der Waals surface area contributed by atoms with Crippen LogP contribution in [0.25, 0.3) is 0 Å². The van der Waals surface area contributed by atoms with Gasteiger partial charge in [0.15, 0.2) is 11.4 Å². The normalized spacial score (nSPS) is 9.86. The molecule has 0 aromatic carbocycles. The van der Waals surface area contributed by atoms with Crippen molar-refractivity contribution in [1.82, 2.24) is 4.98 Å². The molecule has 0 radical (unpaired) electrons. The van der Waals surface area contributed by atoms with Crippen LogP contribution in [0, 0.1) is 0 Å². The Morgan fingerprint density at radius 3 is 2.93 bits per heavy atom. The van der Waals surface area contributed by atoms with E-state index in [0.29, 0.717) is 17.0 Å². The number of halogens is 1. The molecule has 1 heterocycles. The fourth-order valence-corrected chi connectivity index (χ4v) is 1.21. The van der Waals surface area contributed by atoms with Gasteiger partial charge in [-0.15, -0.1) is 0 Å². The van der Waals surface area contributed by atoms with E-state index in [9.17, 15) is 4.79 Å². The lowest BCUT2D eigenvalue weighted by molar-refractivity contribution is 0.0685. The van der Waals surface area contributed by atoms with Crippen LogP contribution >= 0.6 is 15.9 Å². The van der Waals surface area contributed by atoms with E-state index in [-0.39, 0.29) is 5.69 Å². The predicted molar refractivity (Wildman–Crippen MR) is 54.7 cm³/mol. The standard InChI is InChI=1S/C9H10BrNO3/c1-2-5-14-6-3-4-7(10)11-8(6)9(12)13/h3-4H,2,5H2,1H3,(H,12,13). The molecule has 0 bridgehead atoms. The Morgan fingerprint density at radius 2 is 2.36 bits per heavy atom. The second-order valence-electron chi connectivity index (χ2n) is 2.63. The molecule has 4 nitrogen and oxygen atoms in total. The maximum atomic E-state index is 10.8. The maximum absolute atomic E-state index is 10.8. The number of aromatic nitrogens is 1. The van der Waals surface area contributed by atoms with Gasteiger partial charge in [-0.1, -0.05) is 6.92 Å². The zero-order valence-electron chi connectivity index (χ0n) is 7.66. The molecule has 1 aromatic heterocycles. The van der Waals surface area contributed by atoms with Gasteiger partial charge < -0.3 is 9.84 Å². The van der Waals surface area contributed by atoms with Gasteiger partial charge in [0.25, 0.3) is 0 Å². The third kappa shape index (κ3) is 2.70. The molecule has 0 atom stereocenters. The highest BCUT2D eigenvalue weighted by molar-refractivity contribution is 9.10. The smallest absolute Gasteiger partial charge is 0.358 e. The van der Waals surface area contributed by atoms with E-state index in [2.05, 4.69) is 20.9 Å². The molecule has 14 heavy (non-hydrogen) atoms. The van der Waals surface area contributed by atoms with E-state index in [1.807, 2.05) is 6.92 Å². The van der Waals surface area contributed by atoms with Crippen LogP contribution in [-0.2, 0) is 0 Å². The lowest BCUT2D eigenvalue weighted by Crippen LogP contribution is -2.06. The summed E-state index contributed by atoms with van der Waals surface area (Å²) in [6.07, 6.45) is 0.828. The third-order valence-electron chi connectivity index (χ3n) is 1.49. The summed E-state index contributed by atoms with van der Waals surface area (Å²) in [6, 6.07) is 3.24. The summed E-state index contributed by atoms with van der Waals surface area (Å²) in [5, 5.41) is 8.83. The molecular weight excluding hydrogens is 250 g/mol. The summed E-state index contributed by atoms with van der Waals surface area (Å²) in [5.74, 6) is -0.778. The van der Waals surface area contributed by atoms with Gasteiger partial charge in [-0.25, -0.2) is 9.78 Å². The highest BCUT2D eigenvalue weighted by atomic mass is 79.9. The molecule has 0 amide bonds. The highest BCUT2D eigenvalue weighted by Gasteiger charge is 2.13. The summed E-state index contributed by atoms with van der Waals surface area (Å²) in [7, 11) is 0. The Labute approximate surface area is 90.0 Å². The SMILES string of the molecule is CCCOc1ccc(Br)nc1C(=O)O. The molecular formula is C9H10BrNO3. The van der Waals surface area contributed by atoms with Crippen LogP contribution in [0.1, 0.15) is 23.8 Å². The van der Waals surface area contributed by atoms with Crippen molar-refractivity contribution in [1.29, 1.82) is 0 Å². The van der Waals surface area contributed by atoms with Gasteiger partial charge in [0.05, 0.1) is 6.61 Å². The first-order valence-corrected chi connectivity index (χ1v) is 4.97. The van der Waals surface area contributed by atoms with E-state index >= 15 is 0 Å². The molecule has 76 valence electrons. The quantitative estimate of drug-likeness (QED) is 0.844. The average Bonchev–Trinajstić information content (AvgIpc) is 2.15. The lowest BCUT2D eigenvalue weighted by Gasteiger charge is -2.06. The summed E-state index contributed by atoms with van der Waals surface area (Å²) < 4.78 is 5.72. The Balaban J connectivity index is 2.96. The average molecular weight is 260 g/mol. The highest BCUT2D eigenvalue weighted by Crippen LogP contribution is 2.19. The molecule has 5 heteroatoms.